The van der Waals surface area contributed by atoms with Gasteiger partial charge in [0, 0.05) is 12.8 Å². The van der Waals surface area contributed by atoms with Crippen molar-refractivity contribution in [2.24, 2.45) is 11.1 Å². The molecule has 0 amide bonds. The molecule has 0 heterocycles. The third-order valence-electron chi connectivity index (χ3n) is 9.20. The van der Waals surface area contributed by atoms with Crippen LogP contribution in [0.5, 0.6) is 0 Å². The molecule has 0 radical (unpaired) electrons. The molecule has 0 saturated heterocycles. The number of ketones is 2. The van der Waals surface area contributed by atoms with Crippen molar-refractivity contribution in [2.45, 2.75) is 199 Å². The molecule has 0 saturated carbocycles. The smallest absolute Gasteiger partial charge is 0.152 e. The Balaban J connectivity index is 4.53. The number of carbonyl (C=O) groups excluding carboxylic acids is 2. The molecule has 0 aromatic carbocycles. The molecule has 0 aliphatic carbocycles. The Morgan fingerprint density at radius 1 is 0.532 bits per heavy atom. The van der Waals surface area contributed by atoms with Crippen LogP contribution in [0.1, 0.15) is 189 Å². The summed E-state index contributed by atoms with van der Waals surface area (Å²) in [5.41, 5.74) is 2.34. The first-order valence-corrected chi connectivity index (χ1v) is 19.7. The number of hydrogen-bond donors (Lipinski definition) is 2. The fraction of sp³-hybridized carbons (Fsp3) is 0.762. The van der Waals surface area contributed by atoms with Crippen LogP contribution in [0.15, 0.2) is 48.6 Å². The zero-order chi connectivity index (χ0) is 35.3. The molecular formula is C42H74ClNO3. The van der Waals surface area contributed by atoms with Crippen LogP contribution in [-0.2, 0) is 9.59 Å². The van der Waals surface area contributed by atoms with E-state index in [1.807, 2.05) is 0 Å². The van der Waals surface area contributed by atoms with E-state index in [9.17, 15) is 14.7 Å². The summed E-state index contributed by atoms with van der Waals surface area (Å²) in [6.07, 6.45) is 42.4. The first-order chi connectivity index (χ1) is 22.5. The van der Waals surface area contributed by atoms with E-state index < -0.39 is 16.0 Å². The fourth-order valence-corrected chi connectivity index (χ4v) is 6.96. The molecule has 5 heteroatoms. The van der Waals surface area contributed by atoms with E-state index in [1.54, 1.807) is 13.8 Å². The summed E-state index contributed by atoms with van der Waals surface area (Å²) in [5, 5.41) is 11.1. The topological polar surface area (TPSA) is 80.4 Å². The normalized spacial score (nSPS) is 14.3. The molecule has 0 aromatic heterocycles. The predicted octanol–water partition coefficient (Wildman–Crippen LogP) is 12.4. The molecule has 47 heavy (non-hydrogen) atoms. The van der Waals surface area contributed by atoms with Crippen molar-refractivity contribution in [3.63, 3.8) is 0 Å². The molecule has 0 spiro atoms. The van der Waals surface area contributed by atoms with Crippen LogP contribution in [0.25, 0.3) is 0 Å². The minimum Gasteiger partial charge on any atom is -0.375 e. The van der Waals surface area contributed by atoms with Gasteiger partial charge in [-0.05, 0) is 97.8 Å². The van der Waals surface area contributed by atoms with E-state index in [4.69, 9.17) is 17.3 Å². The Morgan fingerprint density at radius 2 is 0.830 bits per heavy atom. The zero-order valence-electron chi connectivity index (χ0n) is 31.3. The Morgan fingerprint density at radius 3 is 1.13 bits per heavy atom. The molecule has 1 unspecified atom stereocenters. The molecule has 3 N–H and O–H groups in total. The fourth-order valence-electron chi connectivity index (χ4n) is 6.55. The number of unbranched alkanes of at least 4 members (excludes halogenated alkanes) is 16. The van der Waals surface area contributed by atoms with Gasteiger partial charge in [-0.25, -0.2) is 0 Å². The van der Waals surface area contributed by atoms with E-state index in [-0.39, 0.29) is 24.4 Å². The van der Waals surface area contributed by atoms with Crippen LogP contribution in [0.4, 0.5) is 0 Å². The SMILES string of the molecule is CCCCC/C=C\C/C=C\CCCCCCCC(=O)C(C(=O)CCCCCCC/C=C\C/C=C\CCCCC)(C(C)(N)O)C(C)(C)Cl. The molecule has 0 bridgehead atoms. The van der Waals surface area contributed by atoms with Gasteiger partial charge in [-0.3, -0.25) is 9.59 Å². The summed E-state index contributed by atoms with van der Waals surface area (Å²) >= 11 is 6.77. The predicted molar refractivity (Wildman–Crippen MR) is 206 cm³/mol. The number of alkyl halides is 1. The monoisotopic (exact) mass is 676 g/mol. The number of hydrogen-bond acceptors (Lipinski definition) is 4. The van der Waals surface area contributed by atoms with Crippen molar-refractivity contribution >= 4 is 23.2 Å². The summed E-state index contributed by atoms with van der Waals surface area (Å²) in [6, 6.07) is 0. The average Bonchev–Trinajstić information content (AvgIpc) is 2.99. The minimum atomic E-state index is -2.04. The highest BCUT2D eigenvalue weighted by Gasteiger charge is 2.63. The maximum Gasteiger partial charge on any atom is 0.152 e. The van der Waals surface area contributed by atoms with E-state index in [1.165, 1.54) is 58.3 Å². The van der Waals surface area contributed by atoms with E-state index in [0.29, 0.717) is 12.8 Å². The quantitative estimate of drug-likeness (QED) is 0.0244. The second-order valence-corrected chi connectivity index (χ2v) is 15.1. The first-order valence-electron chi connectivity index (χ1n) is 19.3. The number of nitrogens with two attached hydrogens (primary N) is 1. The van der Waals surface area contributed by atoms with Crippen molar-refractivity contribution in [1.82, 2.24) is 0 Å². The Labute approximate surface area is 296 Å². The second-order valence-electron chi connectivity index (χ2n) is 14.2. The molecule has 272 valence electrons. The number of allylic oxidation sites excluding steroid dienone is 8. The molecule has 0 aromatic rings. The number of halogens is 1. The van der Waals surface area contributed by atoms with Crippen LogP contribution >= 0.6 is 11.6 Å². The maximum absolute atomic E-state index is 13.7. The highest BCUT2D eigenvalue weighted by Crippen LogP contribution is 2.47. The lowest BCUT2D eigenvalue weighted by molar-refractivity contribution is -0.163. The number of carbonyl (C=O) groups is 2. The molecule has 0 fully saturated rings. The van der Waals surface area contributed by atoms with Crippen LogP contribution in [0, 0.1) is 5.41 Å². The van der Waals surface area contributed by atoms with Crippen molar-refractivity contribution in [2.75, 3.05) is 0 Å². The molecule has 1 atom stereocenters. The van der Waals surface area contributed by atoms with E-state index >= 15 is 0 Å². The lowest BCUT2D eigenvalue weighted by Gasteiger charge is -2.47. The molecular weight excluding hydrogens is 602 g/mol. The van der Waals surface area contributed by atoms with Crippen LogP contribution in [-0.4, -0.2) is 27.3 Å². The Kier molecular flexibility index (Phi) is 27.5. The van der Waals surface area contributed by atoms with E-state index in [0.717, 1.165) is 77.0 Å². The third kappa shape index (κ3) is 20.6. The van der Waals surface area contributed by atoms with Gasteiger partial charge in [-0.2, -0.15) is 0 Å². The van der Waals surface area contributed by atoms with Gasteiger partial charge in [0.15, 0.2) is 11.6 Å². The van der Waals surface area contributed by atoms with E-state index in [2.05, 4.69) is 62.5 Å². The highest BCUT2D eigenvalue weighted by molar-refractivity contribution is 6.30. The van der Waals surface area contributed by atoms with Crippen molar-refractivity contribution in [3.8, 4) is 0 Å². The second kappa shape index (κ2) is 28.4. The average molecular weight is 677 g/mol. The van der Waals surface area contributed by atoms with Gasteiger partial charge in [0.1, 0.15) is 11.1 Å². The Hall–Kier alpha value is -1.49. The summed E-state index contributed by atoms with van der Waals surface area (Å²) in [7, 11) is 0. The summed E-state index contributed by atoms with van der Waals surface area (Å²) in [4.78, 5) is 26.1. The van der Waals surface area contributed by atoms with Gasteiger partial charge in [0.2, 0.25) is 0 Å². The van der Waals surface area contributed by atoms with Gasteiger partial charge < -0.3 is 10.8 Å². The Bertz CT molecular complexity index is 830. The standard InChI is InChI=1S/C42H74ClNO3/c1-6-8-10-12-14-16-18-20-22-24-26-28-30-32-34-36-38(45)42(40(3,4)43,41(5,44)47)39(46)37-35-33-31-29-27-25-23-21-19-17-15-13-11-9-7-2/h14-17,20-23,47H,6-13,18-19,24-37,44H2,1-5H3/b16-14-,17-15-,22-20-,23-21-. The van der Waals surface area contributed by atoms with Gasteiger partial charge in [-0.1, -0.05) is 127 Å². The molecule has 0 rings (SSSR count). The van der Waals surface area contributed by atoms with Gasteiger partial charge in [0.05, 0.1) is 4.87 Å². The van der Waals surface area contributed by atoms with Gasteiger partial charge in [-0.15, -0.1) is 11.6 Å². The molecule has 0 aliphatic heterocycles. The van der Waals surface area contributed by atoms with Crippen LogP contribution in [0.3, 0.4) is 0 Å². The largest absolute Gasteiger partial charge is 0.375 e. The molecule has 0 aliphatic rings. The molecule has 4 nitrogen and oxygen atoms in total. The minimum absolute atomic E-state index is 0.196. The van der Waals surface area contributed by atoms with Crippen LogP contribution in [0.2, 0.25) is 0 Å². The lowest BCUT2D eigenvalue weighted by atomic mass is 9.61. The maximum atomic E-state index is 13.7. The number of rotatable bonds is 32. The van der Waals surface area contributed by atoms with Crippen LogP contribution < -0.4 is 5.73 Å². The van der Waals surface area contributed by atoms with Gasteiger partial charge in [0.25, 0.3) is 0 Å². The van der Waals surface area contributed by atoms with Crippen molar-refractivity contribution in [3.05, 3.63) is 48.6 Å². The number of Topliss-reactive ketones (excluding diaryl/α,β-unsaturated/α-hetero) is 2. The number of aliphatic hydroxyl groups is 1. The summed E-state index contributed by atoms with van der Waals surface area (Å²) in [6.45, 7) is 9.09. The van der Waals surface area contributed by atoms with Crippen molar-refractivity contribution < 1.29 is 14.7 Å². The highest BCUT2D eigenvalue weighted by atomic mass is 35.5. The first kappa shape index (κ1) is 45.5. The summed E-state index contributed by atoms with van der Waals surface area (Å²) < 4.78 is 0. The van der Waals surface area contributed by atoms with Crippen molar-refractivity contribution in [1.29, 1.82) is 0 Å². The zero-order valence-corrected chi connectivity index (χ0v) is 32.1. The lowest BCUT2D eigenvalue weighted by Crippen LogP contribution is -2.69. The van der Waals surface area contributed by atoms with Gasteiger partial charge >= 0.3 is 0 Å². The summed E-state index contributed by atoms with van der Waals surface area (Å²) in [5.74, 6) is -0.661. The third-order valence-corrected chi connectivity index (χ3v) is 9.48.